The van der Waals surface area contributed by atoms with Gasteiger partial charge in [-0.1, -0.05) is 13.0 Å². The molecular weight excluding hydrogens is 222 g/mol. The minimum atomic E-state index is -0.497. The van der Waals surface area contributed by atoms with Gasteiger partial charge in [0.05, 0.1) is 4.92 Å². The molecule has 0 aromatic heterocycles. The van der Waals surface area contributed by atoms with Crippen molar-refractivity contribution in [3.8, 4) is 0 Å². The molecule has 1 atom stereocenters. The molecule has 0 amide bonds. The molecule has 94 valence electrons. The smallest absolute Gasteiger partial charge is 0.314 e. The summed E-state index contributed by atoms with van der Waals surface area (Å²) in [4.78, 5) is 10.4. The summed E-state index contributed by atoms with van der Waals surface area (Å²) < 4.78 is 0. The van der Waals surface area contributed by atoms with E-state index < -0.39 is 4.92 Å². The minimum Gasteiger partial charge on any atom is -0.396 e. The third kappa shape index (κ3) is 3.32. The number of nitro benzene ring substituents is 1. The highest BCUT2D eigenvalue weighted by Gasteiger charge is 2.19. The zero-order valence-corrected chi connectivity index (χ0v) is 9.72. The summed E-state index contributed by atoms with van der Waals surface area (Å²) >= 11 is 0. The fourth-order valence-electron chi connectivity index (χ4n) is 1.64. The van der Waals surface area contributed by atoms with Gasteiger partial charge in [-0.05, 0) is 25.0 Å². The molecule has 1 rings (SSSR count). The van der Waals surface area contributed by atoms with Crippen LogP contribution in [0.5, 0.6) is 0 Å². The molecule has 0 heterocycles. The number of anilines is 2. The van der Waals surface area contributed by atoms with Gasteiger partial charge in [-0.2, -0.15) is 0 Å². The summed E-state index contributed by atoms with van der Waals surface area (Å²) in [6, 6.07) is 4.78. The molecular formula is C11H17N3O3. The fourth-order valence-corrected chi connectivity index (χ4v) is 1.64. The van der Waals surface area contributed by atoms with Crippen molar-refractivity contribution in [2.75, 3.05) is 17.7 Å². The van der Waals surface area contributed by atoms with Crippen molar-refractivity contribution in [3.63, 3.8) is 0 Å². The van der Waals surface area contributed by atoms with Crippen LogP contribution in [0.4, 0.5) is 17.1 Å². The van der Waals surface area contributed by atoms with Crippen LogP contribution >= 0.6 is 0 Å². The summed E-state index contributed by atoms with van der Waals surface area (Å²) in [6.07, 6.45) is 1.31. The van der Waals surface area contributed by atoms with Crippen LogP contribution in [-0.4, -0.2) is 22.7 Å². The lowest BCUT2D eigenvalue weighted by molar-refractivity contribution is -0.383. The van der Waals surface area contributed by atoms with Crippen LogP contribution in [0.3, 0.4) is 0 Å². The summed E-state index contributed by atoms with van der Waals surface area (Å²) in [6.45, 7) is 1.99. The average molecular weight is 239 g/mol. The van der Waals surface area contributed by atoms with Gasteiger partial charge >= 0.3 is 5.69 Å². The van der Waals surface area contributed by atoms with E-state index in [4.69, 9.17) is 10.8 Å². The van der Waals surface area contributed by atoms with Gasteiger partial charge in [0, 0.05) is 12.6 Å². The van der Waals surface area contributed by atoms with Gasteiger partial charge in [-0.15, -0.1) is 0 Å². The number of nitro groups is 1. The highest BCUT2D eigenvalue weighted by atomic mass is 16.6. The van der Waals surface area contributed by atoms with Crippen molar-refractivity contribution >= 4 is 17.1 Å². The minimum absolute atomic E-state index is 0.000463. The average Bonchev–Trinajstić information content (AvgIpc) is 2.28. The molecule has 0 fully saturated rings. The van der Waals surface area contributed by atoms with E-state index in [1.54, 1.807) is 12.1 Å². The van der Waals surface area contributed by atoms with Crippen LogP contribution in [0.1, 0.15) is 19.8 Å². The van der Waals surface area contributed by atoms with Gasteiger partial charge in [-0.3, -0.25) is 10.1 Å². The summed E-state index contributed by atoms with van der Waals surface area (Å²) in [5.41, 5.74) is 6.01. The first-order valence-corrected chi connectivity index (χ1v) is 5.50. The van der Waals surface area contributed by atoms with E-state index >= 15 is 0 Å². The van der Waals surface area contributed by atoms with E-state index in [-0.39, 0.29) is 24.0 Å². The number of nitrogens with one attached hydrogen (secondary N) is 1. The number of para-hydroxylation sites is 1. The SMILES string of the molecule is CCC(CCO)Nc1cccc(N)c1[N+](=O)[O-]. The van der Waals surface area contributed by atoms with E-state index in [9.17, 15) is 10.1 Å². The van der Waals surface area contributed by atoms with Gasteiger partial charge < -0.3 is 16.2 Å². The topological polar surface area (TPSA) is 101 Å². The Kier molecular flexibility index (Phi) is 4.71. The Labute approximate surface area is 99.6 Å². The van der Waals surface area contributed by atoms with Crippen LogP contribution in [0.2, 0.25) is 0 Å². The highest BCUT2D eigenvalue weighted by Crippen LogP contribution is 2.31. The standard InChI is InChI=1S/C11H17N3O3/c1-2-8(6-7-15)13-10-5-3-4-9(12)11(10)14(16)17/h3-5,8,13,15H,2,6-7,12H2,1H3. The maximum Gasteiger partial charge on any atom is 0.314 e. The molecule has 0 aliphatic rings. The highest BCUT2D eigenvalue weighted by molar-refractivity contribution is 5.74. The van der Waals surface area contributed by atoms with Crippen molar-refractivity contribution in [1.82, 2.24) is 0 Å². The molecule has 1 unspecified atom stereocenters. The fraction of sp³-hybridized carbons (Fsp3) is 0.455. The first-order chi connectivity index (χ1) is 8.10. The van der Waals surface area contributed by atoms with Gasteiger partial charge in [-0.25, -0.2) is 0 Å². The Morgan fingerprint density at radius 1 is 1.59 bits per heavy atom. The third-order valence-electron chi connectivity index (χ3n) is 2.58. The predicted octanol–water partition coefficient (Wildman–Crippen LogP) is 1.75. The van der Waals surface area contributed by atoms with Gasteiger partial charge in [0.25, 0.3) is 0 Å². The molecule has 0 spiro atoms. The van der Waals surface area contributed by atoms with E-state index in [1.807, 2.05) is 6.92 Å². The third-order valence-corrected chi connectivity index (χ3v) is 2.58. The molecule has 6 nitrogen and oxygen atoms in total. The molecule has 0 aliphatic heterocycles. The Morgan fingerprint density at radius 3 is 2.82 bits per heavy atom. The van der Waals surface area contributed by atoms with Crippen molar-refractivity contribution in [2.45, 2.75) is 25.8 Å². The van der Waals surface area contributed by atoms with Crippen molar-refractivity contribution in [3.05, 3.63) is 28.3 Å². The first kappa shape index (κ1) is 13.2. The van der Waals surface area contributed by atoms with Crippen molar-refractivity contribution < 1.29 is 10.0 Å². The summed E-state index contributed by atoms with van der Waals surface area (Å²) in [5, 5.41) is 22.8. The van der Waals surface area contributed by atoms with E-state index in [0.717, 1.165) is 6.42 Å². The van der Waals surface area contributed by atoms with Gasteiger partial charge in [0.15, 0.2) is 0 Å². The van der Waals surface area contributed by atoms with Crippen LogP contribution in [0.25, 0.3) is 0 Å². The molecule has 4 N–H and O–H groups in total. The Hall–Kier alpha value is -1.82. The monoisotopic (exact) mass is 239 g/mol. The Balaban J connectivity index is 2.97. The van der Waals surface area contributed by atoms with E-state index in [2.05, 4.69) is 5.32 Å². The zero-order valence-electron chi connectivity index (χ0n) is 9.72. The number of rotatable bonds is 6. The molecule has 0 aliphatic carbocycles. The quantitative estimate of drug-likeness (QED) is 0.399. The number of nitrogen functional groups attached to an aromatic ring is 1. The lowest BCUT2D eigenvalue weighted by Crippen LogP contribution is -2.20. The molecule has 6 heteroatoms. The Morgan fingerprint density at radius 2 is 2.29 bits per heavy atom. The number of hydrogen-bond donors (Lipinski definition) is 3. The van der Waals surface area contributed by atoms with Crippen LogP contribution in [-0.2, 0) is 0 Å². The molecule has 17 heavy (non-hydrogen) atoms. The van der Waals surface area contributed by atoms with Gasteiger partial charge in [0.2, 0.25) is 0 Å². The van der Waals surface area contributed by atoms with E-state index in [1.165, 1.54) is 6.07 Å². The zero-order chi connectivity index (χ0) is 12.8. The van der Waals surface area contributed by atoms with Crippen molar-refractivity contribution in [1.29, 1.82) is 0 Å². The molecule has 0 bridgehead atoms. The molecule has 1 aromatic rings. The lowest BCUT2D eigenvalue weighted by atomic mass is 10.1. The van der Waals surface area contributed by atoms with Crippen molar-refractivity contribution in [2.24, 2.45) is 0 Å². The first-order valence-electron chi connectivity index (χ1n) is 5.50. The molecule has 0 saturated carbocycles. The second-order valence-corrected chi connectivity index (χ2v) is 3.76. The largest absolute Gasteiger partial charge is 0.396 e. The molecule has 0 saturated heterocycles. The predicted molar refractivity (Wildman–Crippen MR) is 66.9 cm³/mol. The maximum absolute atomic E-state index is 10.9. The van der Waals surface area contributed by atoms with Gasteiger partial charge in [0.1, 0.15) is 11.4 Å². The summed E-state index contributed by atoms with van der Waals surface area (Å²) in [5.74, 6) is 0. The second kappa shape index (κ2) is 6.05. The maximum atomic E-state index is 10.9. The number of nitrogens with two attached hydrogens (primary N) is 1. The normalized spacial score (nSPS) is 12.1. The number of benzene rings is 1. The summed E-state index contributed by atoms with van der Waals surface area (Å²) in [7, 11) is 0. The number of hydrogen-bond acceptors (Lipinski definition) is 5. The van der Waals surface area contributed by atoms with Crippen LogP contribution < -0.4 is 11.1 Å². The molecule has 1 aromatic carbocycles. The second-order valence-electron chi connectivity index (χ2n) is 3.76. The Bertz CT molecular complexity index is 396. The number of aliphatic hydroxyl groups excluding tert-OH is 1. The lowest BCUT2D eigenvalue weighted by Gasteiger charge is -2.17. The van der Waals surface area contributed by atoms with E-state index in [0.29, 0.717) is 12.1 Å². The molecule has 0 radical (unpaired) electrons. The van der Waals surface area contributed by atoms with Crippen LogP contribution in [0.15, 0.2) is 18.2 Å². The van der Waals surface area contributed by atoms with Crippen LogP contribution in [0, 0.1) is 10.1 Å². The number of nitrogens with zero attached hydrogens (tertiary/aromatic N) is 1. The number of aliphatic hydroxyl groups is 1.